The second-order valence-corrected chi connectivity index (χ2v) is 6.97. The van der Waals surface area contributed by atoms with Crippen LogP contribution in [0, 0.1) is 13.8 Å². The van der Waals surface area contributed by atoms with Crippen LogP contribution in [-0.4, -0.2) is 60.6 Å². The molecule has 1 aliphatic heterocycles. The Labute approximate surface area is 190 Å². The Hall–Kier alpha value is -1.88. The van der Waals surface area contributed by atoms with E-state index in [9.17, 15) is 0 Å². The van der Waals surface area contributed by atoms with Gasteiger partial charge in [0.05, 0.1) is 12.2 Å². The number of hydrogen-bond acceptors (Lipinski definition) is 6. The summed E-state index contributed by atoms with van der Waals surface area (Å²) in [5.41, 5.74) is 2.09. The van der Waals surface area contributed by atoms with Crippen molar-refractivity contribution in [2.45, 2.75) is 33.9 Å². The molecule has 3 heterocycles. The first-order chi connectivity index (χ1) is 13.6. The molecule has 0 spiro atoms. The first-order valence-corrected chi connectivity index (χ1v) is 9.88. The van der Waals surface area contributed by atoms with Crippen molar-refractivity contribution < 1.29 is 4.42 Å². The molecule has 160 valence electrons. The minimum atomic E-state index is 0. The molecule has 9 heteroatoms. The third-order valence-corrected chi connectivity index (χ3v) is 5.12. The molecule has 0 aromatic carbocycles. The number of aryl methyl sites for hydroxylation is 2. The van der Waals surface area contributed by atoms with Gasteiger partial charge in [0, 0.05) is 46.0 Å². The number of hydrogen-bond donors (Lipinski definition) is 2. The predicted molar refractivity (Wildman–Crippen MR) is 127 cm³/mol. The number of pyridine rings is 1. The third kappa shape index (κ3) is 6.56. The van der Waals surface area contributed by atoms with Gasteiger partial charge in [0.15, 0.2) is 5.96 Å². The van der Waals surface area contributed by atoms with Gasteiger partial charge in [-0.15, -0.1) is 24.0 Å². The van der Waals surface area contributed by atoms with E-state index in [4.69, 9.17) is 4.42 Å². The fraction of sp³-hybridized carbons (Fsp3) is 0.550. The molecule has 0 bridgehead atoms. The van der Waals surface area contributed by atoms with Gasteiger partial charge in [-0.05, 0) is 38.1 Å². The topological polar surface area (TPSA) is 81.8 Å². The van der Waals surface area contributed by atoms with Crippen LogP contribution < -0.4 is 15.5 Å². The Bertz CT molecular complexity index is 780. The highest BCUT2D eigenvalue weighted by Gasteiger charge is 2.16. The zero-order chi connectivity index (χ0) is 19.9. The largest absolute Gasteiger partial charge is 0.444 e. The minimum Gasteiger partial charge on any atom is -0.444 e. The van der Waals surface area contributed by atoms with Crippen LogP contribution in [0.1, 0.15) is 29.8 Å². The van der Waals surface area contributed by atoms with Crippen LogP contribution in [0.2, 0.25) is 0 Å². The zero-order valence-electron chi connectivity index (χ0n) is 17.7. The monoisotopic (exact) mass is 513 g/mol. The number of anilines is 1. The normalized spacial score (nSPS) is 15.2. The number of likely N-dealkylation sites (N-methyl/N-ethyl adjacent to an activating group) is 1. The summed E-state index contributed by atoms with van der Waals surface area (Å²) in [6.45, 7) is 12.6. The maximum Gasteiger partial charge on any atom is 0.214 e. The number of halogens is 1. The summed E-state index contributed by atoms with van der Waals surface area (Å²) in [5.74, 6) is 3.27. The van der Waals surface area contributed by atoms with Gasteiger partial charge in [0.1, 0.15) is 11.6 Å². The Morgan fingerprint density at radius 3 is 2.52 bits per heavy atom. The molecule has 2 aromatic rings. The van der Waals surface area contributed by atoms with E-state index in [-0.39, 0.29) is 24.0 Å². The molecule has 0 atom stereocenters. The average molecular weight is 513 g/mol. The highest BCUT2D eigenvalue weighted by atomic mass is 127. The van der Waals surface area contributed by atoms with E-state index < -0.39 is 0 Å². The number of piperazine rings is 1. The quantitative estimate of drug-likeness (QED) is 0.349. The van der Waals surface area contributed by atoms with Gasteiger partial charge in [0.2, 0.25) is 5.89 Å². The molecule has 1 fully saturated rings. The summed E-state index contributed by atoms with van der Waals surface area (Å²) >= 11 is 0. The summed E-state index contributed by atoms with van der Waals surface area (Å²) in [7, 11) is 1.76. The smallest absolute Gasteiger partial charge is 0.214 e. The lowest BCUT2D eigenvalue weighted by molar-refractivity contribution is 0.270. The molecule has 1 saturated heterocycles. The SMILES string of the molecule is CCN1CCN(c2cc(CNC(=NC)NCc3nc(C)c(C)o3)ccn2)CC1.I. The Morgan fingerprint density at radius 1 is 1.17 bits per heavy atom. The predicted octanol–water partition coefficient (Wildman–Crippen LogP) is 2.31. The number of guanidine groups is 1. The molecule has 29 heavy (non-hydrogen) atoms. The van der Waals surface area contributed by atoms with Gasteiger partial charge in [-0.2, -0.15) is 0 Å². The summed E-state index contributed by atoms with van der Waals surface area (Å²) in [6.07, 6.45) is 1.88. The summed E-state index contributed by atoms with van der Waals surface area (Å²) in [5, 5.41) is 6.58. The van der Waals surface area contributed by atoms with Crippen LogP contribution in [0.25, 0.3) is 0 Å². The molecule has 8 nitrogen and oxygen atoms in total. The molecule has 0 unspecified atom stereocenters. The second-order valence-electron chi connectivity index (χ2n) is 6.97. The molecular weight excluding hydrogens is 481 g/mol. The van der Waals surface area contributed by atoms with Gasteiger partial charge >= 0.3 is 0 Å². The van der Waals surface area contributed by atoms with Crippen molar-refractivity contribution in [2.75, 3.05) is 44.7 Å². The van der Waals surface area contributed by atoms with Gasteiger partial charge in [0.25, 0.3) is 0 Å². The van der Waals surface area contributed by atoms with Crippen molar-refractivity contribution in [3.63, 3.8) is 0 Å². The molecule has 0 radical (unpaired) electrons. The lowest BCUT2D eigenvalue weighted by Gasteiger charge is -2.34. The molecule has 0 saturated carbocycles. The van der Waals surface area contributed by atoms with Crippen LogP contribution in [0.5, 0.6) is 0 Å². The summed E-state index contributed by atoms with van der Waals surface area (Å²) < 4.78 is 5.60. The van der Waals surface area contributed by atoms with Crippen LogP contribution in [0.15, 0.2) is 27.7 Å². The average Bonchev–Trinajstić information content (AvgIpc) is 3.06. The highest BCUT2D eigenvalue weighted by Crippen LogP contribution is 2.15. The first-order valence-electron chi connectivity index (χ1n) is 9.88. The van der Waals surface area contributed by atoms with E-state index in [1.54, 1.807) is 7.05 Å². The number of nitrogens with one attached hydrogen (secondary N) is 2. The third-order valence-electron chi connectivity index (χ3n) is 5.12. The Morgan fingerprint density at radius 2 is 1.90 bits per heavy atom. The van der Waals surface area contributed by atoms with Gasteiger partial charge < -0.3 is 24.9 Å². The summed E-state index contributed by atoms with van der Waals surface area (Å²) in [6, 6.07) is 4.19. The molecule has 3 rings (SSSR count). The number of nitrogens with zero attached hydrogens (tertiary/aromatic N) is 5. The van der Waals surface area contributed by atoms with E-state index in [1.165, 1.54) is 5.56 Å². The standard InChI is InChI=1S/C20H31N7O.HI/c1-5-26-8-10-27(11-9-26)18-12-17(6-7-22-18)13-23-20(21-4)24-14-19-25-15(2)16(3)28-19;/h6-7,12H,5,8-11,13-14H2,1-4H3,(H2,21,23,24);1H. The Kier molecular flexibility index (Phi) is 9.15. The maximum atomic E-state index is 5.60. The van der Waals surface area contributed by atoms with Crippen LogP contribution >= 0.6 is 24.0 Å². The number of aromatic nitrogens is 2. The molecule has 1 aliphatic rings. The van der Waals surface area contributed by atoms with Crippen LogP contribution in [0.3, 0.4) is 0 Å². The van der Waals surface area contributed by atoms with Gasteiger partial charge in [-0.25, -0.2) is 9.97 Å². The molecule has 2 N–H and O–H groups in total. The fourth-order valence-electron chi connectivity index (χ4n) is 3.22. The number of oxazole rings is 1. The molecule has 0 aliphatic carbocycles. The van der Waals surface area contributed by atoms with Gasteiger partial charge in [-0.1, -0.05) is 6.92 Å². The van der Waals surface area contributed by atoms with E-state index >= 15 is 0 Å². The van der Waals surface area contributed by atoms with E-state index in [0.717, 1.165) is 50.0 Å². The highest BCUT2D eigenvalue weighted by molar-refractivity contribution is 14.0. The maximum absolute atomic E-state index is 5.60. The zero-order valence-corrected chi connectivity index (χ0v) is 20.1. The fourth-order valence-corrected chi connectivity index (χ4v) is 3.22. The van der Waals surface area contributed by atoms with Crippen molar-refractivity contribution in [2.24, 2.45) is 4.99 Å². The molecule has 0 amide bonds. The van der Waals surface area contributed by atoms with Crippen molar-refractivity contribution in [3.8, 4) is 0 Å². The minimum absolute atomic E-state index is 0. The van der Waals surface area contributed by atoms with E-state index in [0.29, 0.717) is 24.9 Å². The van der Waals surface area contributed by atoms with Gasteiger partial charge in [-0.3, -0.25) is 4.99 Å². The van der Waals surface area contributed by atoms with Crippen molar-refractivity contribution >= 4 is 35.8 Å². The van der Waals surface area contributed by atoms with Crippen LogP contribution in [-0.2, 0) is 13.1 Å². The van der Waals surface area contributed by atoms with Crippen molar-refractivity contribution in [1.82, 2.24) is 25.5 Å². The van der Waals surface area contributed by atoms with Crippen LogP contribution in [0.4, 0.5) is 5.82 Å². The molecular formula is C20H32IN7O. The number of rotatable bonds is 6. The lowest BCUT2D eigenvalue weighted by atomic mass is 10.2. The first kappa shape index (κ1) is 23.4. The second kappa shape index (κ2) is 11.3. The van der Waals surface area contributed by atoms with Crippen molar-refractivity contribution in [3.05, 3.63) is 41.2 Å². The van der Waals surface area contributed by atoms with Crippen molar-refractivity contribution in [1.29, 1.82) is 0 Å². The molecule has 2 aromatic heterocycles. The number of aliphatic imine (C=N–C) groups is 1. The Balaban J connectivity index is 0.00000300. The lowest BCUT2D eigenvalue weighted by Crippen LogP contribution is -2.46. The summed E-state index contributed by atoms with van der Waals surface area (Å²) in [4.78, 5) is 18.0. The van der Waals surface area contributed by atoms with E-state index in [2.05, 4.69) is 48.4 Å². The van der Waals surface area contributed by atoms with E-state index in [1.807, 2.05) is 26.1 Å².